The number of ether oxygens (including phenoxy) is 1. The molecule has 3 heterocycles. The van der Waals surface area contributed by atoms with Crippen LogP contribution >= 0.6 is 0 Å². The number of H-pyrrole nitrogens is 1. The number of aliphatic carboxylic acids is 1. The molecule has 0 fully saturated rings. The SMILES string of the molecule is CC(=O)O.COc1ccc2c(c1)c(-c1nc3cc4nc(C)c(C)nc4cc3[nH]c1=O)cn2CCCN. The van der Waals surface area contributed by atoms with Crippen molar-refractivity contribution in [2.75, 3.05) is 13.7 Å². The molecule has 0 saturated heterocycles. The summed E-state index contributed by atoms with van der Waals surface area (Å²) in [7, 11) is 1.63. The number of nitrogens with zero attached hydrogens (tertiary/aromatic N) is 4. The molecule has 4 N–H and O–H groups in total. The minimum Gasteiger partial charge on any atom is -0.497 e. The van der Waals surface area contributed by atoms with Crippen LogP contribution in [0.3, 0.4) is 0 Å². The molecule has 0 spiro atoms. The average Bonchev–Trinajstić information content (AvgIpc) is 3.19. The summed E-state index contributed by atoms with van der Waals surface area (Å²) >= 11 is 0. The first kappa shape index (κ1) is 24.8. The van der Waals surface area contributed by atoms with E-state index in [0.717, 1.165) is 64.5 Å². The molecule has 0 aliphatic rings. The van der Waals surface area contributed by atoms with Gasteiger partial charge in [0.05, 0.1) is 40.6 Å². The zero-order valence-electron chi connectivity index (χ0n) is 20.6. The smallest absolute Gasteiger partial charge is 0.300 e. The Morgan fingerprint density at radius 1 is 1.08 bits per heavy atom. The van der Waals surface area contributed by atoms with Crippen molar-refractivity contribution in [1.29, 1.82) is 0 Å². The van der Waals surface area contributed by atoms with Gasteiger partial charge in [-0.15, -0.1) is 0 Å². The van der Waals surface area contributed by atoms with E-state index in [1.807, 2.05) is 50.4 Å². The van der Waals surface area contributed by atoms with Crippen LogP contribution in [0.5, 0.6) is 5.75 Å². The maximum absolute atomic E-state index is 13.1. The summed E-state index contributed by atoms with van der Waals surface area (Å²) in [6.45, 7) is 6.28. The summed E-state index contributed by atoms with van der Waals surface area (Å²) < 4.78 is 7.53. The molecule has 5 aromatic rings. The number of hydrogen-bond acceptors (Lipinski definition) is 7. The lowest BCUT2D eigenvalue weighted by molar-refractivity contribution is -0.134. The molecule has 0 bridgehead atoms. The molecule has 186 valence electrons. The normalized spacial score (nSPS) is 11.0. The topological polar surface area (TPSA) is 149 Å². The van der Waals surface area contributed by atoms with Gasteiger partial charge in [-0.3, -0.25) is 9.59 Å². The molecule has 0 aliphatic carbocycles. The highest BCUT2D eigenvalue weighted by Crippen LogP contribution is 2.32. The molecule has 5 rings (SSSR count). The van der Waals surface area contributed by atoms with E-state index in [0.29, 0.717) is 23.3 Å². The first-order valence-corrected chi connectivity index (χ1v) is 11.5. The number of methoxy groups -OCH3 is 1. The van der Waals surface area contributed by atoms with Crippen molar-refractivity contribution < 1.29 is 14.6 Å². The van der Waals surface area contributed by atoms with E-state index in [9.17, 15) is 4.79 Å². The molecule has 0 atom stereocenters. The van der Waals surface area contributed by atoms with E-state index < -0.39 is 5.97 Å². The fourth-order valence-corrected chi connectivity index (χ4v) is 4.03. The van der Waals surface area contributed by atoms with Crippen molar-refractivity contribution >= 4 is 38.9 Å². The highest BCUT2D eigenvalue weighted by atomic mass is 16.5. The monoisotopic (exact) mass is 488 g/mol. The highest BCUT2D eigenvalue weighted by molar-refractivity contribution is 5.97. The molecule has 0 radical (unpaired) electrons. The predicted molar refractivity (Wildman–Crippen MR) is 139 cm³/mol. The predicted octanol–water partition coefficient (Wildman–Crippen LogP) is 3.55. The van der Waals surface area contributed by atoms with Crippen LogP contribution in [0.25, 0.3) is 44.2 Å². The van der Waals surface area contributed by atoms with Gasteiger partial charge in [0.25, 0.3) is 11.5 Å². The van der Waals surface area contributed by atoms with Crippen LogP contribution in [0.2, 0.25) is 0 Å². The zero-order valence-corrected chi connectivity index (χ0v) is 20.6. The third kappa shape index (κ3) is 4.89. The van der Waals surface area contributed by atoms with Gasteiger partial charge in [-0.1, -0.05) is 0 Å². The fraction of sp³-hybridized carbons (Fsp3) is 0.269. The quantitative estimate of drug-likeness (QED) is 0.318. The number of nitrogens with one attached hydrogen (secondary N) is 1. The number of aromatic nitrogens is 5. The molecular weight excluding hydrogens is 460 g/mol. The maximum atomic E-state index is 13.1. The van der Waals surface area contributed by atoms with Crippen LogP contribution in [0.1, 0.15) is 24.7 Å². The standard InChI is InChI=1S/C24H24N6O2.C2H4O2/c1-13-14(2)27-19-11-21-20(10-18(19)26-13)28-23(24(31)29-21)17-12-30(8-4-7-25)22-6-5-15(32-3)9-16(17)22;1-2(3)4/h5-6,9-12H,4,7-8,25H2,1-3H3,(H,29,31);1H3,(H,3,4). The van der Waals surface area contributed by atoms with Crippen molar-refractivity contribution in [2.45, 2.75) is 33.7 Å². The Labute approximate surface area is 206 Å². The first-order valence-electron chi connectivity index (χ1n) is 11.5. The largest absolute Gasteiger partial charge is 0.497 e. The van der Waals surface area contributed by atoms with Crippen molar-refractivity contribution in [3.8, 4) is 17.0 Å². The van der Waals surface area contributed by atoms with Gasteiger partial charge in [-0.25, -0.2) is 15.0 Å². The van der Waals surface area contributed by atoms with Crippen LogP contribution in [-0.2, 0) is 11.3 Å². The Kier molecular flexibility index (Phi) is 6.98. The van der Waals surface area contributed by atoms with Crippen molar-refractivity contribution in [2.24, 2.45) is 5.73 Å². The third-order valence-corrected chi connectivity index (χ3v) is 5.83. The Morgan fingerprint density at radius 3 is 2.39 bits per heavy atom. The lowest BCUT2D eigenvalue weighted by Crippen LogP contribution is -2.11. The molecule has 3 aromatic heterocycles. The Hall–Kier alpha value is -4.31. The minimum absolute atomic E-state index is 0.255. The third-order valence-electron chi connectivity index (χ3n) is 5.83. The van der Waals surface area contributed by atoms with Gasteiger partial charge in [-0.2, -0.15) is 0 Å². The highest BCUT2D eigenvalue weighted by Gasteiger charge is 2.17. The number of fused-ring (bicyclic) bond motifs is 3. The number of aryl methyl sites for hydroxylation is 3. The van der Waals surface area contributed by atoms with Gasteiger partial charge >= 0.3 is 0 Å². The van der Waals surface area contributed by atoms with Crippen molar-refractivity contribution in [1.82, 2.24) is 24.5 Å². The van der Waals surface area contributed by atoms with Gasteiger partial charge in [0.15, 0.2) is 0 Å². The summed E-state index contributed by atoms with van der Waals surface area (Å²) in [5.41, 5.74) is 12.1. The van der Waals surface area contributed by atoms with Gasteiger partial charge in [0.2, 0.25) is 0 Å². The molecular formula is C26H28N6O4. The van der Waals surface area contributed by atoms with E-state index in [4.69, 9.17) is 25.4 Å². The molecule has 0 aliphatic heterocycles. The van der Waals surface area contributed by atoms with E-state index in [2.05, 4.69) is 19.5 Å². The van der Waals surface area contributed by atoms with E-state index in [1.54, 1.807) is 7.11 Å². The number of hydrogen-bond donors (Lipinski definition) is 3. The summed E-state index contributed by atoms with van der Waals surface area (Å²) in [6, 6.07) is 9.55. The van der Waals surface area contributed by atoms with Crippen LogP contribution in [0.15, 0.2) is 41.3 Å². The maximum Gasteiger partial charge on any atom is 0.300 e. The van der Waals surface area contributed by atoms with E-state index in [1.165, 1.54) is 0 Å². The molecule has 10 heteroatoms. The summed E-state index contributed by atoms with van der Waals surface area (Å²) in [5.74, 6) is -0.111. The number of carboxylic acids is 1. The molecule has 0 unspecified atom stereocenters. The Bertz CT molecular complexity index is 1650. The number of aromatic amines is 1. The summed E-state index contributed by atoms with van der Waals surface area (Å²) in [5, 5.41) is 8.32. The second-order valence-corrected chi connectivity index (χ2v) is 8.45. The molecule has 36 heavy (non-hydrogen) atoms. The van der Waals surface area contributed by atoms with Gasteiger partial charge in [0.1, 0.15) is 11.4 Å². The molecule has 0 saturated carbocycles. The average molecular weight is 489 g/mol. The second kappa shape index (κ2) is 10.1. The number of nitrogens with two attached hydrogens (primary N) is 1. The number of rotatable bonds is 5. The van der Waals surface area contributed by atoms with E-state index in [-0.39, 0.29) is 5.56 Å². The van der Waals surface area contributed by atoms with Gasteiger partial charge in [-0.05, 0) is 57.1 Å². The Balaban J connectivity index is 0.000000709. The lowest BCUT2D eigenvalue weighted by Gasteiger charge is -2.06. The lowest BCUT2D eigenvalue weighted by atomic mass is 10.1. The fourth-order valence-electron chi connectivity index (χ4n) is 4.03. The minimum atomic E-state index is -0.833. The van der Waals surface area contributed by atoms with Gasteiger partial charge < -0.3 is 25.1 Å². The van der Waals surface area contributed by atoms with Gasteiger partial charge in [0, 0.05) is 36.1 Å². The number of carboxylic acid groups (broad SMARTS) is 1. The van der Waals surface area contributed by atoms with Crippen molar-refractivity contribution in [3.63, 3.8) is 0 Å². The summed E-state index contributed by atoms with van der Waals surface area (Å²) in [4.78, 5) is 39.1. The molecule has 2 aromatic carbocycles. The molecule has 0 amide bonds. The van der Waals surface area contributed by atoms with Crippen LogP contribution < -0.4 is 16.0 Å². The summed E-state index contributed by atoms with van der Waals surface area (Å²) in [6.07, 6.45) is 2.80. The first-order chi connectivity index (χ1) is 17.2. The zero-order chi connectivity index (χ0) is 26.0. The second-order valence-electron chi connectivity index (χ2n) is 8.45. The van der Waals surface area contributed by atoms with Crippen molar-refractivity contribution in [3.05, 3.63) is 58.3 Å². The van der Waals surface area contributed by atoms with E-state index >= 15 is 0 Å². The van der Waals surface area contributed by atoms with Crippen LogP contribution in [-0.4, -0.2) is 49.2 Å². The Morgan fingerprint density at radius 2 is 1.75 bits per heavy atom. The molecule has 10 nitrogen and oxygen atoms in total. The number of carbonyl (C=O) groups is 1. The van der Waals surface area contributed by atoms with Crippen LogP contribution in [0.4, 0.5) is 0 Å². The number of benzene rings is 2. The van der Waals surface area contributed by atoms with Crippen LogP contribution in [0, 0.1) is 13.8 Å².